The third-order valence-electron chi connectivity index (χ3n) is 5.43. The molecule has 2 fully saturated rings. The van der Waals surface area contributed by atoms with Crippen LogP contribution in [0.3, 0.4) is 0 Å². The van der Waals surface area contributed by atoms with Gasteiger partial charge in [0.2, 0.25) is 5.91 Å². The van der Waals surface area contributed by atoms with Crippen LogP contribution in [0.1, 0.15) is 38.5 Å². The number of hydrogen-bond donors (Lipinski definition) is 0. The van der Waals surface area contributed by atoms with Gasteiger partial charge in [0.05, 0.1) is 6.54 Å². The first-order valence-electron chi connectivity index (χ1n) is 9.19. The lowest BCUT2D eigenvalue weighted by molar-refractivity contribution is -0.133. The Labute approximate surface area is 135 Å². The van der Waals surface area contributed by atoms with E-state index in [4.69, 9.17) is 0 Å². The summed E-state index contributed by atoms with van der Waals surface area (Å²) in [6.07, 6.45) is 12.2. The maximum atomic E-state index is 12.3. The van der Waals surface area contributed by atoms with Crippen LogP contribution in [0.25, 0.3) is 0 Å². The number of nitrogens with zero attached hydrogens (tertiary/aromatic N) is 3. The van der Waals surface area contributed by atoms with Crippen molar-refractivity contribution in [1.82, 2.24) is 14.7 Å². The molecule has 0 aromatic heterocycles. The molecule has 124 valence electrons. The molecule has 2 saturated heterocycles. The molecule has 2 aliphatic heterocycles. The summed E-state index contributed by atoms with van der Waals surface area (Å²) in [7, 11) is 0. The average Bonchev–Trinajstić information content (AvgIpc) is 2.58. The van der Waals surface area contributed by atoms with Crippen LogP contribution in [0.15, 0.2) is 12.2 Å². The highest BCUT2D eigenvalue weighted by Crippen LogP contribution is 2.20. The molecule has 0 bridgehead atoms. The molecular weight excluding hydrogens is 274 g/mol. The summed E-state index contributed by atoms with van der Waals surface area (Å²) in [5.41, 5.74) is 0. The zero-order valence-corrected chi connectivity index (χ0v) is 13.9. The zero-order chi connectivity index (χ0) is 15.2. The largest absolute Gasteiger partial charge is 0.342 e. The summed E-state index contributed by atoms with van der Waals surface area (Å²) >= 11 is 0. The second kappa shape index (κ2) is 8.11. The molecule has 0 radical (unpaired) electrons. The van der Waals surface area contributed by atoms with Crippen molar-refractivity contribution in [3.05, 3.63) is 12.2 Å². The number of piperidine rings is 1. The Balaban J connectivity index is 1.36. The first kappa shape index (κ1) is 16.0. The molecule has 4 heteroatoms. The molecule has 1 unspecified atom stereocenters. The van der Waals surface area contributed by atoms with E-state index in [0.29, 0.717) is 12.5 Å². The summed E-state index contributed by atoms with van der Waals surface area (Å²) in [5, 5.41) is 0. The van der Waals surface area contributed by atoms with E-state index in [1.54, 1.807) is 0 Å². The highest BCUT2D eigenvalue weighted by Gasteiger charge is 2.24. The molecule has 1 aliphatic carbocycles. The van der Waals surface area contributed by atoms with Gasteiger partial charge in [0.1, 0.15) is 0 Å². The topological polar surface area (TPSA) is 26.8 Å². The predicted octanol–water partition coefficient (Wildman–Crippen LogP) is 1.97. The van der Waals surface area contributed by atoms with Crippen molar-refractivity contribution >= 4 is 5.91 Å². The molecule has 2 heterocycles. The number of hydrogen-bond acceptors (Lipinski definition) is 3. The van der Waals surface area contributed by atoms with Crippen molar-refractivity contribution in [2.24, 2.45) is 5.92 Å². The third kappa shape index (κ3) is 4.56. The zero-order valence-electron chi connectivity index (χ0n) is 13.9. The fourth-order valence-corrected chi connectivity index (χ4v) is 3.95. The van der Waals surface area contributed by atoms with E-state index in [0.717, 1.165) is 45.2 Å². The van der Waals surface area contributed by atoms with Gasteiger partial charge >= 0.3 is 0 Å². The van der Waals surface area contributed by atoms with E-state index < -0.39 is 0 Å². The third-order valence-corrected chi connectivity index (χ3v) is 5.43. The van der Waals surface area contributed by atoms with Crippen LogP contribution in [0.2, 0.25) is 0 Å². The molecule has 4 nitrogen and oxygen atoms in total. The predicted molar refractivity (Wildman–Crippen MR) is 89.8 cm³/mol. The molecule has 3 aliphatic rings. The van der Waals surface area contributed by atoms with Crippen molar-refractivity contribution in [2.45, 2.75) is 38.5 Å². The lowest BCUT2D eigenvalue weighted by Crippen LogP contribution is -2.51. The maximum absolute atomic E-state index is 12.3. The Hall–Kier alpha value is -0.870. The molecule has 0 N–H and O–H groups in total. The van der Waals surface area contributed by atoms with Crippen LogP contribution >= 0.6 is 0 Å². The first-order valence-corrected chi connectivity index (χ1v) is 9.19. The van der Waals surface area contributed by atoms with Crippen molar-refractivity contribution in [3.63, 3.8) is 0 Å². The van der Waals surface area contributed by atoms with Gasteiger partial charge in [0.15, 0.2) is 0 Å². The quantitative estimate of drug-likeness (QED) is 0.743. The van der Waals surface area contributed by atoms with Gasteiger partial charge in [0.25, 0.3) is 0 Å². The van der Waals surface area contributed by atoms with Gasteiger partial charge in [-0.3, -0.25) is 9.69 Å². The summed E-state index contributed by atoms with van der Waals surface area (Å²) in [4.78, 5) is 19.4. The smallest absolute Gasteiger partial charge is 0.236 e. The monoisotopic (exact) mass is 305 g/mol. The van der Waals surface area contributed by atoms with Gasteiger partial charge < -0.3 is 9.80 Å². The Kier molecular flexibility index (Phi) is 5.90. The summed E-state index contributed by atoms with van der Waals surface area (Å²) in [6, 6.07) is 0. The maximum Gasteiger partial charge on any atom is 0.236 e. The Morgan fingerprint density at radius 3 is 2.32 bits per heavy atom. The van der Waals surface area contributed by atoms with Gasteiger partial charge in [-0.15, -0.1) is 0 Å². The van der Waals surface area contributed by atoms with Gasteiger partial charge in [-0.25, -0.2) is 0 Å². The van der Waals surface area contributed by atoms with Crippen LogP contribution < -0.4 is 0 Å². The Morgan fingerprint density at radius 1 is 0.909 bits per heavy atom. The molecule has 22 heavy (non-hydrogen) atoms. The van der Waals surface area contributed by atoms with Crippen LogP contribution in [0, 0.1) is 5.92 Å². The molecule has 0 aromatic rings. The number of carbonyl (C=O) groups excluding carboxylic acids is 1. The number of carbonyl (C=O) groups is 1. The van der Waals surface area contributed by atoms with Crippen LogP contribution in [0.5, 0.6) is 0 Å². The standard InChI is InChI=1S/C18H31N3O/c22-18(21-9-5-2-6-10-21)16-20-13-11-19(12-14-20)15-17-7-3-1-4-8-17/h1,3,17H,2,4-16H2. The highest BCUT2D eigenvalue weighted by atomic mass is 16.2. The molecular formula is C18H31N3O. The summed E-state index contributed by atoms with van der Waals surface area (Å²) in [5.74, 6) is 1.21. The number of piperazine rings is 1. The number of likely N-dealkylation sites (tertiary alicyclic amines) is 1. The number of amides is 1. The Morgan fingerprint density at radius 2 is 1.64 bits per heavy atom. The van der Waals surface area contributed by atoms with E-state index in [1.807, 2.05) is 0 Å². The fraction of sp³-hybridized carbons (Fsp3) is 0.833. The van der Waals surface area contributed by atoms with Gasteiger partial charge in [-0.05, 0) is 44.4 Å². The molecule has 1 amide bonds. The average molecular weight is 305 g/mol. The second-order valence-corrected chi connectivity index (χ2v) is 7.17. The normalized spacial score (nSPS) is 28.0. The molecule has 1 atom stereocenters. The second-order valence-electron chi connectivity index (χ2n) is 7.17. The minimum Gasteiger partial charge on any atom is -0.342 e. The van der Waals surface area contributed by atoms with E-state index >= 15 is 0 Å². The van der Waals surface area contributed by atoms with E-state index in [1.165, 1.54) is 45.1 Å². The number of rotatable bonds is 4. The minimum absolute atomic E-state index is 0.352. The van der Waals surface area contributed by atoms with Crippen molar-refractivity contribution < 1.29 is 4.79 Å². The number of allylic oxidation sites excluding steroid dienone is 2. The van der Waals surface area contributed by atoms with Gasteiger partial charge in [-0.2, -0.15) is 0 Å². The first-order chi connectivity index (χ1) is 10.8. The molecule has 0 aromatic carbocycles. The van der Waals surface area contributed by atoms with Crippen molar-refractivity contribution in [1.29, 1.82) is 0 Å². The highest BCUT2D eigenvalue weighted by molar-refractivity contribution is 5.78. The van der Waals surface area contributed by atoms with E-state index in [2.05, 4.69) is 26.9 Å². The van der Waals surface area contributed by atoms with Crippen LogP contribution in [-0.2, 0) is 4.79 Å². The summed E-state index contributed by atoms with van der Waals surface area (Å²) in [6.45, 7) is 8.23. The van der Waals surface area contributed by atoms with Gasteiger partial charge in [-0.1, -0.05) is 12.2 Å². The fourth-order valence-electron chi connectivity index (χ4n) is 3.95. The summed E-state index contributed by atoms with van der Waals surface area (Å²) < 4.78 is 0. The van der Waals surface area contributed by atoms with Crippen molar-refractivity contribution in [3.8, 4) is 0 Å². The van der Waals surface area contributed by atoms with E-state index in [-0.39, 0.29) is 0 Å². The molecule has 0 saturated carbocycles. The van der Waals surface area contributed by atoms with Crippen LogP contribution in [-0.4, -0.2) is 73.0 Å². The SMILES string of the molecule is O=C(CN1CCN(CC2CC=CCC2)CC1)N1CCCCC1. The Bertz CT molecular complexity index is 382. The van der Waals surface area contributed by atoms with E-state index in [9.17, 15) is 4.79 Å². The van der Waals surface area contributed by atoms with Crippen LogP contribution in [0.4, 0.5) is 0 Å². The molecule has 0 spiro atoms. The minimum atomic E-state index is 0.352. The van der Waals surface area contributed by atoms with Crippen molar-refractivity contribution in [2.75, 3.05) is 52.4 Å². The lowest BCUT2D eigenvalue weighted by Gasteiger charge is -2.37. The lowest BCUT2D eigenvalue weighted by atomic mass is 9.94. The molecule has 3 rings (SSSR count). The van der Waals surface area contributed by atoms with Gasteiger partial charge in [0, 0.05) is 45.8 Å².